The van der Waals surface area contributed by atoms with Crippen molar-refractivity contribution in [2.45, 2.75) is 13.5 Å². The Balaban J connectivity index is 1.96. The molecule has 0 radical (unpaired) electrons. The maximum atomic E-state index is 11.6. The van der Waals surface area contributed by atoms with E-state index in [1.807, 2.05) is 6.92 Å². The molecule has 0 aromatic carbocycles. The predicted molar refractivity (Wildman–Crippen MR) is 64.4 cm³/mol. The molecule has 2 rings (SSSR count). The van der Waals surface area contributed by atoms with Crippen LogP contribution in [0.25, 0.3) is 0 Å². The van der Waals surface area contributed by atoms with Crippen LogP contribution in [0.4, 0.5) is 0 Å². The first-order valence-corrected chi connectivity index (χ1v) is 6.26. The second-order valence-electron chi connectivity index (χ2n) is 3.15. The number of carbonyl (C=O) groups excluding carboxylic acids is 1. The highest BCUT2D eigenvalue weighted by Crippen LogP contribution is 2.15. The molecule has 0 saturated heterocycles. The highest BCUT2D eigenvalue weighted by molar-refractivity contribution is 9.10. The Bertz CT molecular complexity index is 506. The SMILES string of the molecule is Cc1ncsc1CNC(=O)c1ccc(Br)o1. The van der Waals surface area contributed by atoms with Gasteiger partial charge in [-0.2, -0.15) is 0 Å². The number of halogens is 1. The summed E-state index contributed by atoms with van der Waals surface area (Å²) in [5, 5.41) is 2.77. The molecule has 0 aliphatic rings. The number of amides is 1. The van der Waals surface area contributed by atoms with Crippen molar-refractivity contribution < 1.29 is 9.21 Å². The number of aromatic nitrogens is 1. The molecule has 0 spiro atoms. The number of nitrogens with zero attached hydrogens (tertiary/aromatic N) is 1. The number of furan rings is 1. The van der Waals surface area contributed by atoms with Crippen LogP contribution >= 0.6 is 27.3 Å². The molecular weight excluding hydrogens is 292 g/mol. The number of nitrogens with one attached hydrogen (secondary N) is 1. The van der Waals surface area contributed by atoms with Crippen LogP contribution in [0.1, 0.15) is 21.1 Å². The molecule has 6 heteroatoms. The van der Waals surface area contributed by atoms with E-state index in [1.54, 1.807) is 17.6 Å². The number of hydrogen-bond donors (Lipinski definition) is 1. The highest BCUT2D eigenvalue weighted by Gasteiger charge is 2.10. The van der Waals surface area contributed by atoms with Gasteiger partial charge in [0, 0.05) is 4.88 Å². The minimum atomic E-state index is -0.224. The van der Waals surface area contributed by atoms with Gasteiger partial charge in [0.2, 0.25) is 0 Å². The van der Waals surface area contributed by atoms with Gasteiger partial charge in [-0.1, -0.05) is 0 Å². The van der Waals surface area contributed by atoms with Gasteiger partial charge in [0.15, 0.2) is 10.4 Å². The van der Waals surface area contributed by atoms with Crippen LogP contribution in [0.5, 0.6) is 0 Å². The van der Waals surface area contributed by atoms with Gasteiger partial charge in [-0.05, 0) is 35.0 Å². The molecule has 2 aromatic heterocycles. The molecule has 0 aliphatic carbocycles. The largest absolute Gasteiger partial charge is 0.444 e. The number of carbonyl (C=O) groups is 1. The van der Waals surface area contributed by atoms with E-state index in [9.17, 15) is 4.79 Å². The summed E-state index contributed by atoms with van der Waals surface area (Å²) in [5.41, 5.74) is 2.71. The third kappa shape index (κ3) is 2.51. The third-order valence-corrected chi connectivity index (χ3v) is 3.41. The zero-order chi connectivity index (χ0) is 11.5. The summed E-state index contributed by atoms with van der Waals surface area (Å²) in [6.07, 6.45) is 0. The summed E-state index contributed by atoms with van der Waals surface area (Å²) in [7, 11) is 0. The summed E-state index contributed by atoms with van der Waals surface area (Å²) >= 11 is 4.67. The minimum Gasteiger partial charge on any atom is -0.444 e. The van der Waals surface area contributed by atoms with Crippen LogP contribution in [0, 0.1) is 6.92 Å². The predicted octanol–water partition coefficient (Wildman–Crippen LogP) is 2.74. The normalized spacial score (nSPS) is 10.4. The topological polar surface area (TPSA) is 55.1 Å². The van der Waals surface area contributed by atoms with E-state index < -0.39 is 0 Å². The minimum absolute atomic E-state index is 0.224. The van der Waals surface area contributed by atoms with Gasteiger partial charge in [-0.15, -0.1) is 11.3 Å². The van der Waals surface area contributed by atoms with E-state index in [-0.39, 0.29) is 5.91 Å². The summed E-state index contributed by atoms with van der Waals surface area (Å²) in [5.74, 6) is 0.0764. The van der Waals surface area contributed by atoms with Crippen molar-refractivity contribution in [2.24, 2.45) is 0 Å². The monoisotopic (exact) mass is 300 g/mol. The Morgan fingerprint density at radius 1 is 1.62 bits per heavy atom. The van der Waals surface area contributed by atoms with Gasteiger partial charge in [0.1, 0.15) is 0 Å². The van der Waals surface area contributed by atoms with Gasteiger partial charge in [-0.3, -0.25) is 4.79 Å². The van der Waals surface area contributed by atoms with Gasteiger partial charge in [-0.25, -0.2) is 4.98 Å². The van der Waals surface area contributed by atoms with Crippen molar-refractivity contribution in [3.8, 4) is 0 Å². The number of aryl methyl sites for hydroxylation is 1. The smallest absolute Gasteiger partial charge is 0.287 e. The Hall–Kier alpha value is -1.14. The van der Waals surface area contributed by atoms with Gasteiger partial charge >= 0.3 is 0 Å². The average molecular weight is 301 g/mol. The summed E-state index contributed by atoms with van der Waals surface area (Å²) < 4.78 is 5.69. The number of hydrogen-bond acceptors (Lipinski definition) is 4. The lowest BCUT2D eigenvalue weighted by Gasteiger charge is -2.01. The van der Waals surface area contributed by atoms with Crippen LogP contribution in [-0.4, -0.2) is 10.9 Å². The Morgan fingerprint density at radius 2 is 2.44 bits per heavy atom. The first-order valence-electron chi connectivity index (χ1n) is 4.59. The van der Waals surface area contributed by atoms with Crippen molar-refractivity contribution in [1.82, 2.24) is 10.3 Å². The van der Waals surface area contributed by atoms with E-state index in [4.69, 9.17) is 4.42 Å². The van der Waals surface area contributed by atoms with E-state index in [0.717, 1.165) is 10.6 Å². The van der Waals surface area contributed by atoms with Crippen molar-refractivity contribution >= 4 is 33.2 Å². The van der Waals surface area contributed by atoms with Crippen LogP contribution in [0.2, 0.25) is 0 Å². The fourth-order valence-corrected chi connectivity index (χ4v) is 2.20. The number of thiazole rings is 1. The fourth-order valence-electron chi connectivity index (χ4n) is 1.18. The zero-order valence-electron chi connectivity index (χ0n) is 8.49. The molecule has 2 heterocycles. The maximum Gasteiger partial charge on any atom is 0.287 e. The molecule has 84 valence electrons. The molecular formula is C10H9BrN2O2S. The van der Waals surface area contributed by atoms with E-state index in [2.05, 4.69) is 26.2 Å². The van der Waals surface area contributed by atoms with Gasteiger partial charge in [0.05, 0.1) is 17.7 Å². The molecule has 0 fully saturated rings. The van der Waals surface area contributed by atoms with Crippen LogP contribution in [-0.2, 0) is 6.54 Å². The molecule has 4 nitrogen and oxygen atoms in total. The van der Waals surface area contributed by atoms with E-state index in [0.29, 0.717) is 17.0 Å². The average Bonchev–Trinajstić information content (AvgIpc) is 2.84. The Kier molecular flexibility index (Phi) is 3.40. The molecule has 0 saturated carbocycles. The Morgan fingerprint density at radius 3 is 3.00 bits per heavy atom. The maximum absolute atomic E-state index is 11.6. The van der Waals surface area contributed by atoms with Crippen LogP contribution in [0.15, 0.2) is 26.7 Å². The van der Waals surface area contributed by atoms with E-state index >= 15 is 0 Å². The molecule has 1 N–H and O–H groups in total. The standard InChI is InChI=1S/C10H9BrN2O2S/c1-6-8(16-5-13-6)4-12-10(14)7-2-3-9(11)15-7/h2-3,5H,4H2,1H3,(H,12,14). The molecule has 0 unspecified atom stereocenters. The molecule has 0 atom stereocenters. The Labute approximate surface area is 105 Å². The molecule has 16 heavy (non-hydrogen) atoms. The zero-order valence-corrected chi connectivity index (χ0v) is 10.9. The van der Waals surface area contributed by atoms with Gasteiger partial charge < -0.3 is 9.73 Å². The molecule has 2 aromatic rings. The van der Waals surface area contributed by atoms with Gasteiger partial charge in [0.25, 0.3) is 5.91 Å². The third-order valence-electron chi connectivity index (χ3n) is 2.05. The summed E-state index contributed by atoms with van der Waals surface area (Å²) in [4.78, 5) is 16.8. The van der Waals surface area contributed by atoms with Crippen molar-refractivity contribution in [2.75, 3.05) is 0 Å². The molecule has 1 amide bonds. The highest BCUT2D eigenvalue weighted by atomic mass is 79.9. The molecule has 0 bridgehead atoms. The lowest BCUT2D eigenvalue weighted by atomic mass is 10.3. The lowest BCUT2D eigenvalue weighted by molar-refractivity contribution is 0.0922. The quantitative estimate of drug-likeness (QED) is 0.948. The lowest BCUT2D eigenvalue weighted by Crippen LogP contribution is -2.22. The van der Waals surface area contributed by atoms with Crippen molar-refractivity contribution in [3.05, 3.63) is 38.6 Å². The first kappa shape index (κ1) is 11.3. The second kappa shape index (κ2) is 4.80. The molecule has 0 aliphatic heterocycles. The van der Waals surface area contributed by atoms with Crippen LogP contribution in [0.3, 0.4) is 0 Å². The van der Waals surface area contributed by atoms with Crippen LogP contribution < -0.4 is 5.32 Å². The summed E-state index contributed by atoms with van der Waals surface area (Å²) in [6, 6.07) is 3.31. The second-order valence-corrected chi connectivity index (χ2v) is 4.87. The first-order chi connectivity index (χ1) is 7.66. The number of rotatable bonds is 3. The summed E-state index contributed by atoms with van der Waals surface area (Å²) in [6.45, 7) is 2.40. The van der Waals surface area contributed by atoms with Crippen molar-refractivity contribution in [1.29, 1.82) is 0 Å². The van der Waals surface area contributed by atoms with E-state index in [1.165, 1.54) is 11.3 Å². The fraction of sp³-hybridized carbons (Fsp3) is 0.200. The van der Waals surface area contributed by atoms with Crippen molar-refractivity contribution in [3.63, 3.8) is 0 Å².